The summed E-state index contributed by atoms with van der Waals surface area (Å²) in [7, 11) is 1.50. The highest BCUT2D eigenvalue weighted by atomic mass is 16.7. The van der Waals surface area contributed by atoms with E-state index in [0.717, 1.165) is 0 Å². The average molecular weight is 118 g/mol. The molecule has 0 aliphatic rings. The minimum atomic E-state index is -2.56. The van der Waals surface area contributed by atoms with Crippen molar-refractivity contribution in [1.29, 1.82) is 0 Å². The third-order valence-electron chi connectivity index (χ3n) is 0.414. The van der Waals surface area contributed by atoms with Gasteiger partial charge in [0.05, 0.1) is 6.54 Å². The normalized spacial score (nSPS) is 10.5. The summed E-state index contributed by atoms with van der Waals surface area (Å²) < 4.78 is 0. The Labute approximate surface area is 49.7 Å². The molecule has 4 N–H and O–H groups in total. The zero-order valence-corrected chi connectivity index (χ0v) is 4.63. The molecule has 0 bridgehead atoms. The van der Waals surface area contributed by atoms with E-state index in [1.165, 1.54) is 7.05 Å². The zero-order chi connectivity index (χ0) is 5.91. The molecular formula is C3H9BNO3. The van der Waals surface area contributed by atoms with Crippen LogP contribution in [0.2, 0.25) is 0 Å². The number of likely N-dealkylation sites (N-methyl/N-ethyl adjacent to an activating group) is 1. The predicted molar refractivity (Wildman–Crippen MR) is 29.1 cm³/mol. The van der Waals surface area contributed by atoms with Crippen LogP contribution in [0.1, 0.15) is 0 Å². The van der Waals surface area contributed by atoms with Crippen LogP contribution in [-0.4, -0.2) is 43.3 Å². The van der Waals surface area contributed by atoms with E-state index in [9.17, 15) is 0 Å². The van der Waals surface area contributed by atoms with Crippen molar-refractivity contribution in [1.82, 2.24) is 5.32 Å². The average Bonchev–Trinajstić information content (AvgIpc) is 1.30. The molecule has 0 spiro atoms. The molecule has 0 saturated heterocycles. The fraction of sp³-hybridized carbons (Fsp3) is 1.00. The molecule has 4 nitrogen and oxygen atoms in total. The summed E-state index contributed by atoms with van der Waals surface area (Å²) in [6, 6.07) is 0. The number of hydrogen-bond acceptors (Lipinski definition) is 4. The molecule has 0 aliphatic carbocycles. The maximum atomic E-state index is 8.07. The van der Waals surface area contributed by atoms with Crippen molar-refractivity contribution in [2.24, 2.45) is 0 Å². The standard InChI is InChI=1S/C3H9NO3.B/c1-4-2-3(5,6)7;/h4-7H,2H2,1H3;. The second-order valence-corrected chi connectivity index (χ2v) is 1.30. The van der Waals surface area contributed by atoms with Gasteiger partial charge >= 0.3 is 0 Å². The van der Waals surface area contributed by atoms with Gasteiger partial charge in [-0.15, -0.1) is 0 Å². The minimum Gasteiger partial charge on any atom is -0.343 e. The smallest absolute Gasteiger partial charge is 0.288 e. The lowest BCUT2D eigenvalue weighted by molar-refractivity contribution is -0.305. The summed E-state index contributed by atoms with van der Waals surface area (Å²) in [4.78, 5) is 0. The molecule has 5 heteroatoms. The van der Waals surface area contributed by atoms with Gasteiger partial charge in [-0.2, -0.15) is 0 Å². The Balaban J connectivity index is 0. The van der Waals surface area contributed by atoms with Crippen LogP contribution in [0, 0.1) is 0 Å². The van der Waals surface area contributed by atoms with Gasteiger partial charge in [-0.25, -0.2) is 0 Å². The van der Waals surface area contributed by atoms with Crippen molar-refractivity contribution >= 4 is 8.41 Å². The van der Waals surface area contributed by atoms with E-state index in [1.54, 1.807) is 0 Å². The van der Waals surface area contributed by atoms with E-state index in [2.05, 4.69) is 5.32 Å². The highest BCUT2D eigenvalue weighted by Gasteiger charge is 2.14. The van der Waals surface area contributed by atoms with Gasteiger partial charge in [-0.1, -0.05) is 0 Å². The van der Waals surface area contributed by atoms with Crippen molar-refractivity contribution in [3.05, 3.63) is 0 Å². The van der Waals surface area contributed by atoms with Crippen molar-refractivity contribution in [3.8, 4) is 0 Å². The number of nitrogens with one attached hydrogen (secondary N) is 1. The lowest BCUT2D eigenvalue weighted by atomic mass is 10.6. The highest BCUT2D eigenvalue weighted by molar-refractivity contribution is 5.75. The summed E-state index contributed by atoms with van der Waals surface area (Å²) in [6.45, 7) is -0.243. The van der Waals surface area contributed by atoms with Crippen LogP contribution in [0.4, 0.5) is 0 Å². The van der Waals surface area contributed by atoms with Crippen LogP contribution in [0.15, 0.2) is 0 Å². The second-order valence-electron chi connectivity index (χ2n) is 1.30. The molecule has 0 amide bonds. The Kier molecular flexibility index (Phi) is 5.21. The first kappa shape index (κ1) is 10.8. The summed E-state index contributed by atoms with van der Waals surface area (Å²) >= 11 is 0. The summed E-state index contributed by atoms with van der Waals surface area (Å²) in [5.41, 5.74) is 0. The van der Waals surface area contributed by atoms with E-state index in [0.29, 0.717) is 0 Å². The molecule has 0 saturated carbocycles. The van der Waals surface area contributed by atoms with Crippen molar-refractivity contribution in [2.45, 2.75) is 5.97 Å². The highest BCUT2D eigenvalue weighted by Crippen LogP contribution is 1.85. The minimum absolute atomic E-state index is 0. The Hall–Kier alpha value is -0.0951. The van der Waals surface area contributed by atoms with E-state index in [4.69, 9.17) is 15.3 Å². The van der Waals surface area contributed by atoms with Gasteiger partial charge in [0, 0.05) is 8.41 Å². The molecular weight excluding hydrogens is 109 g/mol. The first-order chi connectivity index (χ1) is 3.06. The SMILES string of the molecule is CNCC(O)(O)O.[B]. The van der Waals surface area contributed by atoms with Crippen LogP contribution in [-0.2, 0) is 0 Å². The van der Waals surface area contributed by atoms with Crippen molar-refractivity contribution < 1.29 is 15.3 Å². The molecule has 0 aromatic carbocycles. The van der Waals surface area contributed by atoms with Crippen molar-refractivity contribution in [2.75, 3.05) is 13.6 Å². The van der Waals surface area contributed by atoms with Gasteiger partial charge in [0.15, 0.2) is 0 Å². The lowest BCUT2D eigenvalue weighted by Crippen LogP contribution is -2.38. The molecule has 0 aromatic rings. The van der Waals surface area contributed by atoms with Crippen molar-refractivity contribution in [3.63, 3.8) is 0 Å². The Morgan fingerprint density at radius 2 is 1.75 bits per heavy atom. The topological polar surface area (TPSA) is 72.7 Å². The molecule has 0 aliphatic heterocycles. The summed E-state index contributed by atoms with van der Waals surface area (Å²) in [6.07, 6.45) is 0. The fourth-order valence-electron chi connectivity index (χ4n) is 0.237. The molecule has 0 fully saturated rings. The lowest BCUT2D eigenvalue weighted by Gasteiger charge is -2.11. The maximum absolute atomic E-state index is 8.07. The molecule has 0 aromatic heterocycles. The van der Waals surface area contributed by atoms with Gasteiger partial charge in [0.2, 0.25) is 0 Å². The van der Waals surface area contributed by atoms with Gasteiger partial charge in [0.1, 0.15) is 0 Å². The third-order valence-corrected chi connectivity index (χ3v) is 0.414. The molecule has 3 radical (unpaired) electrons. The first-order valence-electron chi connectivity index (χ1n) is 1.88. The Morgan fingerprint density at radius 3 is 1.75 bits per heavy atom. The van der Waals surface area contributed by atoms with Crippen LogP contribution in [0.3, 0.4) is 0 Å². The van der Waals surface area contributed by atoms with E-state index in [1.807, 2.05) is 0 Å². The van der Waals surface area contributed by atoms with Crippen LogP contribution in [0.5, 0.6) is 0 Å². The summed E-state index contributed by atoms with van der Waals surface area (Å²) in [5, 5.41) is 26.6. The van der Waals surface area contributed by atoms with Gasteiger partial charge < -0.3 is 20.6 Å². The van der Waals surface area contributed by atoms with Crippen LogP contribution in [0.25, 0.3) is 0 Å². The predicted octanol–water partition coefficient (Wildman–Crippen LogP) is -2.54. The van der Waals surface area contributed by atoms with E-state index >= 15 is 0 Å². The molecule has 0 atom stereocenters. The van der Waals surface area contributed by atoms with Crippen LogP contribution >= 0.6 is 0 Å². The first-order valence-corrected chi connectivity index (χ1v) is 1.88. The molecule has 0 unspecified atom stereocenters. The monoisotopic (exact) mass is 118 g/mol. The molecule has 8 heavy (non-hydrogen) atoms. The zero-order valence-electron chi connectivity index (χ0n) is 4.63. The van der Waals surface area contributed by atoms with Gasteiger partial charge in [0.25, 0.3) is 5.97 Å². The largest absolute Gasteiger partial charge is 0.343 e. The second kappa shape index (κ2) is 3.85. The molecule has 0 heterocycles. The molecule has 47 valence electrons. The van der Waals surface area contributed by atoms with Gasteiger partial charge in [-0.05, 0) is 7.05 Å². The fourth-order valence-corrected chi connectivity index (χ4v) is 0.237. The molecule has 0 rings (SSSR count). The summed E-state index contributed by atoms with van der Waals surface area (Å²) in [5.74, 6) is -2.56. The van der Waals surface area contributed by atoms with E-state index in [-0.39, 0.29) is 15.0 Å². The Morgan fingerprint density at radius 1 is 1.38 bits per heavy atom. The number of rotatable bonds is 2. The van der Waals surface area contributed by atoms with Crippen LogP contribution < -0.4 is 5.32 Å². The Bertz CT molecular complexity index is 53.0. The van der Waals surface area contributed by atoms with E-state index < -0.39 is 5.97 Å². The number of hydrogen-bond donors (Lipinski definition) is 4. The third kappa shape index (κ3) is 9.32. The quantitative estimate of drug-likeness (QED) is 0.238. The maximum Gasteiger partial charge on any atom is 0.288 e. The van der Waals surface area contributed by atoms with Gasteiger partial charge in [-0.3, -0.25) is 0 Å². The number of aliphatic hydroxyl groups is 3.